The molecule has 0 saturated heterocycles. The third-order valence-corrected chi connectivity index (χ3v) is 5.09. The molecule has 3 aromatic heterocycles. The number of hydrogen-bond acceptors (Lipinski definition) is 6. The van der Waals surface area contributed by atoms with Gasteiger partial charge < -0.3 is 18.9 Å². The van der Waals surface area contributed by atoms with E-state index in [4.69, 9.17) is 26.0 Å². The number of ether oxygens (including phenoxy) is 1. The van der Waals surface area contributed by atoms with Crippen molar-refractivity contribution in [2.75, 3.05) is 0 Å². The number of carboxylic acid groups (broad SMARTS) is 1. The van der Waals surface area contributed by atoms with Gasteiger partial charge in [0.2, 0.25) is 11.7 Å². The lowest BCUT2D eigenvalue weighted by Gasteiger charge is -2.09. The molecular formula is C22H21ClN4O4. The van der Waals surface area contributed by atoms with E-state index in [0.29, 0.717) is 34.6 Å². The summed E-state index contributed by atoms with van der Waals surface area (Å²) in [5, 5.41) is 14.4. The van der Waals surface area contributed by atoms with Crippen LogP contribution in [0.5, 0.6) is 5.88 Å². The number of nitrogens with zero attached hydrogens (tertiary/aromatic N) is 4. The van der Waals surface area contributed by atoms with Crippen LogP contribution in [-0.4, -0.2) is 36.9 Å². The minimum atomic E-state index is -0.816. The minimum Gasteiger partial charge on any atom is -0.481 e. The lowest BCUT2D eigenvalue weighted by atomic mass is 10.1. The Morgan fingerprint density at radius 3 is 2.77 bits per heavy atom. The number of hydrogen-bond donors (Lipinski definition) is 1. The number of carboxylic acids is 1. The van der Waals surface area contributed by atoms with E-state index in [1.54, 1.807) is 12.3 Å². The summed E-state index contributed by atoms with van der Waals surface area (Å²) in [6.07, 6.45) is 2.09. The Balaban J connectivity index is 1.61. The fourth-order valence-corrected chi connectivity index (χ4v) is 3.54. The van der Waals surface area contributed by atoms with Crippen molar-refractivity contribution >= 4 is 28.5 Å². The van der Waals surface area contributed by atoms with Crippen LogP contribution in [-0.2, 0) is 18.3 Å². The predicted molar refractivity (Wildman–Crippen MR) is 116 cm³/mol. The quantitative estimate of drug-likeness (QED) is 0.442. The Kier molecular flexibility index (Phi) is 5.65. The molecule has 1 N–H and O–H groups in total. The molecule has 8 nitrogen and oxygen atoms in total. The number of pyridine rings is 1. The predicted octanol–water partition coefficient (Wildman–Crippen LogP) is 4.75. The van der Waals surface area contributed by atoms with Gasteiger partial charge in [0.05, 0.1) is 18.1 Å². The largest absolute Gasteiger partial charge is 0.481 e. The van der Waals surface area contributed by atoms with Crippen molar-refractivity contribution in [1.82, 2.24) is 19.7 Å². The van der Waals surface area contributed by atoms with Gasteiger partial charge in [-0.1, -0.05) is 16.8 Å². The highest BCUT2D eigenvalue weighted by Crippen LogP contribution is 2.30. The molecule has 9 heteroatoms. The van der Waals surface area contributed by atoms with Crippen molar-refractivity contribution < 1.29 is 19.2 Å². The second-order valence-corrected chi connectivity index (χ2v) is 7.87. The van der Waals surface area contributed by atoms with E-state index in [9.17, 15) is 4.79 Å². The standard InChI is InChI=1S/C22H21ClN4O4/c1-12(2)30-22-17(23)10-15(11-24-22)21-25-20(26-31-21)13-4-6-18-14(8-13)9-16(27(18)3)5-7-19(28)29/h4,6,8-12H,5,7H2,1-3H3,(H,28,29). The molecule has 31 heavy (non-hydrogen) atoms. The molecule has 0 spiro atoms. The highest BCUT2D eigenvalue weighted by Gasteiger charge is 2.15. The summed E-state index contributed by atoms with van der Waals surface area (Å²) in [7, 11) is 1.93. The first-order valence-corrected chi connectivity index (χ1v) is 10.2. The maximum Gasteiger partial charge on any atom is 0.303 e. The molecule has 0 amide bonds. The van der Waals surface area contributed by atoms with Crippen molar-refractivity contribution in [3.8, 4) is 28.7 Å². The summed E-state index contributed by atoms with van der Waals surface area (Å²) in [5.41, 5.74) is 3.34. The van der Waals surface area contributed by atoms with Crippen LogP contribution in [0.15, 0.2) is 41.1 Å². The molecule has 0 unspecified atom stereocenters. The number of carbonyl (C=O) groups is 1. The van der Waals surface area contributed by atoms with Gasteiger partial charge in [0.25, 0.3) is 5.89 Å². The zero-order valence-electron chi connectivity index (χ0n) is 17.3. The number of fused-ring (bicyclic) bond motifs is 1. The first-order chi connectivity index (χ1) is 14.8. The zero-order valence-corrected chi connectivity index (χ0v) is 18.1. The van der Waals surface area contributed by atoms with Gasteiger partial charge in [0.1, 0.15) is 5.02 Å². The summed E-state index contributed by atoms with van der Waals surface area (Å²) in [6, 6.07) is 9.49. The molecule has 0 aliphatic carbocycles. The van der Waals surface area contributed by atoms with Gasteiger partial charge in [-0.05, 0) is 50.6 Å². The monoisotopic (exact) mass is 440 g/mol. The first-order valence-electron chi connectivity index (χ1n) is 9.78. The molecule has 0 aliphatic rings. The van der Waals surface area contributed by atoms with Crippen molar-refractivity contribution in [1.29, 1.82) is 0 Å². The van der Waals surface area contributed by atoms with Gasteiger partial charge in [-0.15, -0.1) is 0 Å². The van der Waals surface area contributed by atoms with Gasteiger partial charge >= 0.3 is 5.97 Å². The van der Waals surface area contributed by atoms with Gasteiger partial charge in [-0.2, -0.15) is 4.98 Å². The van der Waals surface area contributed by atoms with Gasteiger partial charge in [0.15, 0.2) is 0 Å². The van der Waals surface area contributed by atoms with E-state index in [2.05, 4.69) is 15.1 Å². The van der Waals surface area contributed by atoms with Crippen LogP contribution in [0.3, 0.4) is 0 Å². The lowest BCUT2D eigenvalue weighted by molar-refractivity contribution is -0.136. The average Bonchev–Trinajstić information content (AvgIpc) is 3.33. The Labute approximate surface area is 183 Å². The van der Waals surface area contributed by atoms with Gasteiger partial charge in [-0.3, -0.25) is 4.79 Å². The molecule has 0 fully saturated rings. The van der Waals surface area contributed by atoms with Crippen molar-refractivity contribution in [3.63, 3.8) is 0 Å². The molecule has 0 aliphatic heterocycles. The van der Waals surface area contributed by atoms with Crippen LogP contribution in [0.1, 0.15) is 26.0 Å². The topological polar surface area (TPSA) is 103 Å². The average molecular weight is 441 g/mol. The van der Waals surface area contributed by atoms with Crippen LogP contribution in [0.25, 0.3) is 33.7 Å². The Morgan fingerprint density at radius 2 is 2.06 bits per heavy atom. The zero-order chi connectivity index (χ0) is 22.1. The Bertz CT molecular complexity index is 1260. The number of aromatic nitrogens is 4. The van der Waals surface area contributed by atoms with Crippen molar-refractivity contribution in [2.24, 2.45) is 7.05 Å². The second-order valence-electron chi connectivity index (χ2n) is 7.46. The van der Waals surface area contributed by atoms with E-state index in [0.717, 1.165) is 22.2 Å². The maximum absolute atomic E-state index is 10.9. The third kappa shape index (κ3) is 4.39. The molecule has 1 aromatic carbocycles. The molecule has 160 valence electrons. The SMILES string of the molecule is CC(C)Oc1ncc(-c2nc(-c3ccc4c(c3)cc(CCC(=O)O)n4C)no2)cc1Cl. The fraction of sp³-hybridized carbons (Fsp3) is 0.273. The summed E-state index contributed by atoms with van der Waals surface area (Å²) < 4.78 is 13.0. The number of benzene rings is 1. The number of rotatable bonds is 7. The van der Waals surface area contributed by atoms with Gasteiger partial charge in [-0.25, -0.2) is 4.98 Å². The molecule has 4 aromatic rings. The fourth-order valence-electron chi connectivity index (χ4n) is 3.33. The van der Waals surface area contributed by atoms with Crippen LogP contribution in [0.2, 0.25) is 5.02 Å². The summed E-state index contributed by atoms with van der Waals surface area (Å²) in [6.45, 7) is 3.80. The molecular weight excluding hydrogens is 420 g/mol. The first kappa shape index (κ1) is 20.9. The smallest absolute Gasteiger partial charge is 0.303 e. The lowest BCUT2D eigenvalue weighted by Crippen LogP contribution is -2.07. The second kappa shape index (κ2) is 8.39. The van der Waals surface area contributed by atoms with Crippen LogP contribution >= 0.6 is 11.6 Å². The van der Waals surface area contributed by atoms with Crippen molar-refractivity contribution in [2.45, 2.75) is 32.8 Å². The maximum atomic E-state index is 10.9. The number of aryl methyl sites for hydroxylation is 2. The Hall–Kier alpha value is -3.39. The minimum absolute atomic E-state index is 0.0385. The van der Waals surface area contributed by atoms with Crippen LogP contribution in [0.4, 0.5) is 0 Å². The van der Waals surface area contributed by atoms with E-state index in [1.165, 1.54) is 0 Å². The molecule has 0 saturated carbocycles. The number of aliphatic carboxylic acids is 1. The molecule has 0 bridgehead atoms. The molecule has 0 atom stereocenters. The summed E-state index contributed by atoms with van der Waals surface area (Å²) >= 11 is 6.26. The highest BCUT2D eigenvalue weighted by atomic mass is 35.5. The van der Waals surface area contributed by atoms with E-state index in [1.807, 2.05) is 49.7 Å². The summed E-state index contributed by atoms with van der Waals surface area (Å²) in [5.74, 6) is 0.277. The van der Waals surface area contributed by atoms with E-state index in [-0.39, 0.29) is 12.5 Å². The molecule has 0 radical (unpaired) electrons. The van der Waals surface area contributed by atoms with Crippen molar-refractivity contribution in [3.05, 3.63) is 47.2 Å². The highest BCUT2D eigenvalue weighted by molar-refractivity contribution is 6.32. The third-order valence-electron chi connectivity index (χ3n) is 4.82. The van der Waals surface area contributed by atoms with Gasteiger partial charge in [0, 0.05) is 35.4 Å². The van der Waals surface area contributed by atoms with E-state index >= 15 is 0 Å². The normalized spacial score (nSPS) is 11.4. The molecule has 3 heterocycles. The van der Waals surface area contributed by atoms with Crippen LogP contribution in [0, 0.1) is 0 Å². The Morgan fingerprint density at radius 1 is 1.26 bits per heavy atom. The molecule has 4 rings (SSSR count). The van der Waals surface area contributed by atoms with E-state index < -0.39 is 5.97 Å². The van der Waals surface area contributed by atoms with Crippen LogP contribution < -0.4 is 4.74 Å². The number of halogens is 1. The summed E-state index contributed by atoms with van der Waals surface area (Å²) in [4.78, 5) is 19.6.